The molecular weight excluding hydrogens is 324 g/mol. The Morgan fingerprint density at radius 1 is 1.40 bits per heavy atom. The zero-order chi connectivity index (χ0) is 14.9. The van der Waals surface area contributed by atoms with Gasteiger partial charge >= 0.3 is 5.97 Å². The molecule has 6 nitrogen and oxygen atoms in total. The highest BCUT2D eigenvalue weighted by Crippen LogP contribution is 2.29. The molecule has 1 heterocycles. The predicted octanol–water partition coefficient (Wildman–Crippen LogP) is 2.60. The van der Waals surface area contributed by atoms with E-state index in [2.05, 4.69) is 9.10 Å². The summed E-state index contributed by atoms with van der Waals surface area (Å²) in [5, 5.41) is 9.07. The summed E-state index contributed by atoms with van der Waals surface area (Å²) in [4.78, 5) is 11.0. The minimum Gasteiger partial charge on any atom is -0.478 e. The lowest BCUT2D eigenvalue weighted by Crippen LogP contribution is -2.14. The third-order valence-electron chi connectivity index (χ3n) is 2.43. The lowest BCUT2D eigenvalue weighted by molar-refractivity contribution is 0.0697. The molecule has 0 radical (unpaired) electrons. The number of sulfonamides is 1. The van der Waals surface area contributed by atoms with Crippen LogP contribution in [0.1, 0.15) is 16.1 Å². The van der Waals surface area contributed by atoms with Crippen LogP contribution in [0.4, 0.5) is 5.00 Å². The van der Waals surface area contributed by atoms with Gasteiger partial charge in [-0.15, -0.1) is 0 Å². The van der Waals surface area contributed by atoms with Crippen LogP contribution < -0.4 is 4.72 Å². The van der Waals surface area contributed by atoms with E-state index in [0.29, 0.717) is 0 Å². The first kappa shape index (κ1) is 14.8. The summed E-state index contributed by atoms with van der Waals surface area (Å²) < 4.78 is 30.4. The zero-order valence-corrected chi connectivity index (χ0v) is 12.5. The molecule has 20 heavy (non-hydrogen) atoms. The first-order chi connectivity index (χ1) is 9.33. The Labute approximate surface area is 124 Å². The monoisotopic (exact) mass is 332 g/mol. The largest absolute Gasteiger partial charge is 0.478 e. The molecule has 0 aliphatic carbocycles. The standard InChI is InChI=1S/C11H9ClN2O4S2/c1-6-9(11(15)16)10(19-13-6)14-20(17,18)8-5-3-2-4-7(8)12/h2-5,14H,1H3,(H,15,16). The predicted molar refractivity (Wildman–Crippen MR) is 76.1 cm³/mol. The maximum atomic E-state index is 12.2. The molecule has 0 atom stereocenters. The van der Waals surface area contributed by atoms with Crippen LogP contribution in [0.15, 0.2) is 29.2 Å². The second-order valence-electron chi connectivity index (χ2n) is 3.81. The average molecular weight is 333 g/mol. The lowest BCUT2D eigenvalue weighted by atomic mass is 10.2. The van der Waals surface area contributed by atoms with Crippen LogP contribution in [0.5, 0.6) is 0 Å². The van der Waals surface area contributed by atoms with Crippen molar-refractivity contribution in [1.29, 1.82) is 0 Å². The van der Waals surface area contributed by atoms with Crippen LogP contribution in [0.25, 0.3) is 0 Å². The third-order valence-corrected chi connectivity index (χ3v) is 5.26. The van der Waals surface area contributed by atoms with Crippen LogP contribution in [0.2, 0.25) is 5.02 Å². The van der Waals surface area contributed by atoms with Gasteiger partial charge in [0.15, 0.2) is 0 Å². The highest BCUT2D eigenvalue weighted by atomic mass is 35.5. The van der Waals surface area contributed by atoms with Crippen molar-refractivity contribution >= 4 is 44.1 Å². The van der Waals surface area contributed by atoms with Crippen LogP contribution in [-0.2, 0) is 10.0 Å². The summed E-state index contributed by atoms with van der Waals surface area (Å²) in [7, 11) is -3.96. The van der Waals surface area contributed by atoms with Crippen molar-refractivity contribution in [3.8, 4) is 0 Å². The topological polar surface area (TPSA) is 96.4 Å². The lowest BCUT2D eigenvalue weighted by Gasteiger charge is -2.08. The SMILES string of the molecule is Cc1nsc(NS(=O)(=O)c2ccccc2Cl)c1C(=O)O. The van der Waals surface area contributed by atoms with Crippen LogP contribution in [-0.4, -0.2) is 23.9 Å². The zero-order valence-electron chi connectivity index (χ0n) is 10.1. The van der Waals surface area contributed by atoms with Gasteiger partial charge in [0, 0.05) is 0 Å². The molecule has 106 valence electrons. The number of aromatic carboxylic acids is 1. The van der Waals surface area contributed by atoms with Crippen molar-refractivity contribution in [1.82, 2.24) is 4.37 Å². The molecule has 0 unspecified atom stereocenters. The summed E-state index contributed by atoms with van der Waals surface area (Å²) in [6.07, 6.45) is 0. The van der Waals surface area contributed by atoms with E-state index in [1.165, 1.54) is 25.1 Å². The molecule has 0 saturated heterocycles. The van der Waals surface area contributed by atoms with Crippen molar-refractivity contribution in [3.05, 3.63) is 40.5 Å². The van der Waals surface area contributed by atoms with E-state index in [1.807, 2.05) is 0 Å². The first-order valence-corrected chi connectivity index (χ1v) is 7.93. The summed E-state index contributed by atoms with van der Waals surface area (Å²) >= 11 is 6.60. The first-order valence-electron chi connectivity index (χ1n) is 5.30. The van der Waals surface area contributed by atoms with Gasteiger partial charge in [0.25, 0.3) is 10.0 Å². The van der Waals surface area contributed by atoms with Crippen LogP contribution in [0.3, 0.4) is 0 Å². The van der Waals surface area contributed by atoms with Crippen molar-refractivity contribution in [2.45, 2.75) is 11.8 Å². The number of hydrogen-bond donors (Lipinski definition) is 2. The molecule has 2 aromatic rings. The molecule has 1 aromatic heterocycles. The number of carboxylic acids is 1. The van der Waals surface area contributed by atoms with Gasteiger partial charge in [0.05, 0.1) is 10.7 Å². The molecule has 0 saturated carbocycles. The quantitative estimate of drug-likeness (QED) is 0.897. The second-order valence-corrected chi connectivity index (χ2v) is 6.64. The Kier molecular flexibility index (Phi) is 3.98. The van der Waals surface area contributed by atoms with Gasteiger partial charge in [0.1, 0.15) is 15.5 Å². The fourth-order valence-electron chi connectivity index (χ4n) is 1.53. The highest BCUT2D eigenvalue weighted by molar-refractivity contribution is 7.93. The van der Waals surface area contributed by atoms with E-state index in [9.17, 15) is 13.2 Å². The van der Waals surface area contributed by atoms with Crippen LogP contribution >= 0.6 is 23.1 Å². The van der Waals surface area contributed by atoms with Gasteiger partial charge < -0.3 is 5.11 Å². The highest BCUT2D eigenvalue weighted by Gasteiger charge is 2.24. The third kappa shape index (κ3) is 2.77. The smallest absolute Gasteiger partial charge is 0.340 e. The maximum Gasteiger partial charge on any atom is 0.340 e. The van der Waals surface area contributed by atoms with Gasteiger partial charge in [0.2, 0.25) is 0 Å². The molecule has 2 rings (SSSR count). The number of hydrogen-bond acceptors (Lipinski definition) is 5. The number of rotatable bonds is 4. The molecule has 0 amide bonds. The maximum absolute atomic E-state index is 12.2. The number of nitrogens with one attached hydrogen (secondary N) is 1. The van der Waals surface area contributed by atoms with Gasteiger partial charge in [-0.2, -0.15) is 4.37 Å². The molecular formula is C11H9ClN2O4S2. The van der Waals surface area contributed by atoms with Gasteiger partial charge in [-0.05, 0) is 30.6 Å². The van der Waals surface area contributed by atoms with Gasteiger partial charge in [-0.25, -0.2) is 13.2 Å². The molecule has 2 N–H and O–H groups in total. The number of aryl methyl sites for hydroxylation is 1. The summed E-state index contributed by atoms with van der Waals surface area (Å²) in [5.41, 5.74) is 0.0880. The van der Waals surface area contributed by atoms with E-state index in [1.54, 1.807) is 6.07 Å². The van der Waals surface area contributed by atoms with Crippen molar-refractivity contribution in [2.75, 3.05) is 4.72 Å². The molecule has 0 bridgehead atoms. The normalized spacial score (nSPS) is 11.3. The number of nitrogens with zero attached hydrogens (tertiary/aromatic N) is 1. The van der Waals surface area contributed by atoms with E-state index in [-0.39, 0.29) is 26.2 Å². The Morgan fingerprint density at radius 3 is 2.65 bits per heavy atom. The van der Waals surface area contributed by atoms with Gasteiger partial charge in [-0.3, -0.25) is 4.72 Å². The number of halogens is 1. The van der Waals surface area contributed by atoms with E-state index in [4.69, 9.17) is 16.7 Å². The average Bonchev–Trinajstić information content (AvgIpc) is 2.70. The molecule has 9 heteroatoms. The fourth-order valence-corrected chi connectivity index (χ4v) is 4.13. The summed E-state index contributed by atoms with van der Waals surface area (Å²) in [6.45, 7) is 1.49. The Hall–Kier alpha value is -1.64. The number of aromatic nitrogens is 1. The Balaban J connectivity index is 2.45. The number of carboxylic acid groups (broad SMARTS) is 1. The number of carbonyl (C=O) groups is 1. The number of anilines is 1. The Morgan fingerprint density at radius 2 is 2.05 bits per heavy atom. The molecule has 0 aliphatic heterocycles. The van der Waals surface area contributed by atoms with E-state index < -0.39 is 16.0 Å². The fraction of sp³-hybridized carbons (Fsp3) is 0.0909. The molecule has 0 aliphatic rings. The van der Waals surface area contributed by atoms with Gasteiger partial charge in [-0.1, -0.05) is 23.7 Å². The Bertz CT molecular complexity index is 770. The van der Waals surface area contributed by atoms with E-state index >= 15 is 0 Å². The number of benzene rings is 1. The van der Waals surface area contributed by atoms with E-state index in [0.717, 1.165) is 11.5 Å². The second kappa shape index (κ2) is 5.39. The van der Waals surface area contributed by atoms with Crippen LogP contribution in [0, 0.1) is 6.92 Å². The van der Waals surface area contributed by atoms with Crippen molar-refractivity contribution in [2.24, 2.45) is 0 Å². The summed E-state index contributed by atoms with van der Waals surface area (Å²) in [5.74, 6) is -1.24. The summed E-state index contributed by atoms with van der Waals surface area (Å²) in [6, 6.07) is 5.89. The van der Waals surface area contributed by atoms with Crippen molar-refractivity contribution in [3.63, 3.8) is 0 Å². The minimum absolute atomic E-state index is 0.0464. The van der Waals surface area contributed by atoms with Crippen molar-refractivity contribution < 1.29 is 18.3 Å². The molecule has 1 aromatic carbocycles. The molecule has 0 spiro atoms. The molecule has 0 fully saturated rings. The minimum atomic E-state index is -3.96.